The number of hydrogen-bond donors (Lipinski definition) is 2. The molecule has 0 spiro atoms. The van der Waals surface area contributed by atoms with E-state index in [0.29, 0.717) is 31.3 Å². The van der Waals surface area contributed by atoms with Crippen molar-refractivity contribution < 1.29 is 22.6 Å². The molecule has 0 aromatic heterocycles. The van der Waals surface area contributed by atoms with Crippen molar-refractivity contribution >= 4 is 15.7 Å². The highest BCUT2D eigenvalue weighted by Crippen LogP contribution is 2.12. The molecule has 0 unspecified atom stereocenters. The van der Waals surface area contributed by atoms with Crippen LogP contribution in [-0.2, 0) is 19.5 Å². The summed E-state index contributed by atoms with van der Waals surface area (Å²) in [4.78, 5) is 0. The molecule has 0 aliphatic rings. The summed E-state index contributed by atoms with van der Waals surface area (Å²) in [6.45, 7) is 1.54. The maximum atomic E-state index is 11.7. The third kappa shape index (κ3) is 8.51. The topological polar surface area (TPSA) is 99.9 Å². The zero-order valence-electron chi connectivity index (χ0n) is 12.1. The molecule has 21 heavy (non-hydrogen) atoms. The summed E-state index contributed by atoms with van der Waals surface area (Å²) in [5, 5.41) is 0. The highest BCUT2D eigenvalue weighted by molar-refractivity contribution is 7.89. The number of nitrogens with one attached hydrogen (secondary N) is 1. The van der Waals surface area contributed by atoms with Crippen LogP contribution < -0.4 is 15.2 Å². The lowest BCUT2D eigenvalue weighted by Gasteiger charge is -2.09. The van der Waals surface area contributed by atoms with E-state index in [0.717, 1.165) is 0 Å². The largest absolute Gasteiger partial charge is 0.492 e. The van der Waals surface area contributed by atoms with Crippen LogP contribution in [0.25, 0.3) is 0 Å². The second-order valence-electron chi connectivity index (χ2n) is 4.24. The van der Waals surface area contributed by atoms with Gasteiger partial charge in [-0.2, -0.15) is 0 Å². The third-order valence-electron chi connectivity index (χ3n) is 2.50. The van der Waals surface area contributed by atoms with Crippen LogP contribution in [0.3, 0.4) is 0 Å². The van der Waals surface area contributed by atoms with Gasteiger partial charge in [-0.25, -0.2) is 13.1 Å². The summed E-state index contributed by atoms with van der Waals surface area (Å²) >= 11 is 0. The van der Waals surface area contributed by atoms with Crippen molar-refractivity contribution in [2.24, 2.45) is 0 Å². The zero-order chi connectivity index (χ0) is 15.6. The molecule has 7 nitrogen and oxygen atoms in total. The number of nitrogens with two attached hydrogens (primary N) is 1. The third-order valence-corrected chi connectivity index (χ3v) is 3.85. The fourth-order valence-corrected chi connectivity index (χ4v) is 2.26. The minimum atomic E-state index is -3.36. The van der Waals surface area contributed by atoms with Gasteiger partial charge >= 0.3 is 0 Å². The van der Waals surface area contributed by atoms with Gasteiger partial charge in [-0.3, -0.25) is 0 Å². The molecule has 0 aliphatic carbocycles. The average Bonchev–Trinajstić information content (AvgIpc) is 2.45. The molecule has 1 rings (SSSR count). The molecule has 1 aromatic rings. The van der Waals surface area contributed by atoms with Crippen molar-refractivity contribution in [1.82, 2.24) is 4.72 Å². The minimum Gasteiger partial charge on any atom is -0.492 e. The number of anilines is 1. The Morgan fingerprint density at radius 1 is 1.10 bits per heavy atom. The van der Waals surface area contributed by atoms with Gasteiger partial charge in [0.15, 0.2) is 0 Å². The molecule has 0 radical (unpaired) electrons. The molecule has 0 saturated carbocycles. The van der Waals surface area contributed by atoms with Crippen LogP contribution in [0.4, 0.5) is 5.69 Å². The van der Waals surface area contributed by atoms with E-state index in [4.69, 9.17) is 19.9 Å². The lowest BCUT2D eigenvalue weighted by molar-refractivity contribution is 0.0736. The standard InChI is InChI=1S/C13H22N2O5S/c1-18-8-9-19-7-6-15-21(16,17)11-10-20-13-4-2-12(14)3-5-13/h2-5,15H,6-11,14H2,1H3. The Morgan fingerprint density at radius 2 is 1.81 bits per heavy atom. The average molecular weight is 318 g/mol. The van der Waals surface area contributed by atoms with Gasteiger partial charge < -0.3 is 19.9 Å². The summed E-state index contributed by atoms with van der Waals surface area (Å²) in [5.41, 5.74) is 6.17. The minimum absolute atomic E-state index is 0.0732. The first-order valence-electron chi connectivity index (χ1n) is 6.56. The molecule has 0 bridgehead atoms. The van der Waals surface area contributed by atoms with Crippen molar-refractivity contribution in [2.45, 2.75) is 0 Å². The van der Waals surface area contributed by atoms with Crippen LogP contribution >= 0.6 is 0 Å². The molecule has 0 amide bonds. The Kier molecular flexibility index (Phi) is 8.06. The maximum Gasteiger partial charge on any atom is 0.215 e. The zero-order valence-corrected chi connectivity index (χ0v) is 12.9. The Balaban J connectivity index is 2.16. The van der Waals surface area contributed by atoms with Gasteiger partial charge in [-0.1, -0.05) is 0 Å². The molecule has 0 aliphatic heterocycles. The summed E-state index contributed by atoms with van der Waals surface area (Å²) in [6, 6.07) is 6.77. The SMILES string of the molecule is COCCOCCNS(=O)(=O)CCOc1ccc(N)cc1. The number of hydrogen-bond acceptors (Lipinski definition) is 6. The monoisotopic (exact) mass is 318 g/mol. The molecular weight excluding hydrogens is 296 g/mol. The molecule has 1 aromatic carbocycles. The normalized spacial score (nSPS) is 11.5. The first kappa shape index (κ1) is 17.7. The Bertz CT molecular complexity index is 490. The van der Waals surface area contributed by atoms with Gasteiger partial charge in [-0.15, -0.1) is 0 Å². The van der Waals surface area contributed by atoms with E-state index in [1.54, 1.807) is 31.4 Å². The van der Waals surface area contributed by atoms with Crippen molar-refractivity contribution in [2.75, 3.05) is 51.6 Å². The van der Waals surface area contributed by atoms with E-state index in [9.17, 15) is 8.42 Å². The van der Waals surface area contributed by atoms with Crippen molar-refractivity contribution in [3.8, 4) is 5.75 Å². The fourth-order valence-electron chi connectivity index (χ4n) is 1.42. The number of rotatable bonds is 11. The van der Waals surface area contributed by atoms with Gasteiger partial charge in [0.25, 0.3) is 0 Å². The van der Waals surface area contributed by atoms with Gasteiger partial charge in [0.2, 0.25) is 10.0 Å². The van der Waals surface area contributed by atoms with Crippen LogP contribution in [0.15, 0.2) is 24.3 Å². The Morgan fingerprint density at radius 3 is 2.48 bits per heavy atom. The number of methoxy groups -OCH3 is 1. The van der Waals surface area contributed by atoms with Crippen molar-refractivity contribution in [3.63, 3.8) is 0 Å². The first-order valence-corrected chi connectivity index (χ1v) is 8.21. The highest BCUT2D eigenvalue weighted by Gasteiger charge is 2.09. The van der Waals surface area contributed by atoms with Crippen LogP contribution in [0, 0.1) is 0 Å². The second kappa shape index (κ2) is 9.56. The highest BCUT2D eigenvalue weighted by atomic mass is 32.2. The van der Waals surface area contributed by atoms with E-state index >= 15 is 0 Å². The van der Waals surface area contributed by atoms with Crippen LogP contribution in [-0.4, -0.2) is 54.3 Å². The number of benzene rings is 1. The Hall–Kier alpha value is -1.35. The van der Waals surface area contributed by atoms with E-state index in [1.807, 2.05) is 0 Å². The number of sulfonamides is 1. The van der Waals surface area contributed by atoms with Gasteiger partial charge in [0.1, 0.15) is 12.4 Å². The lowest BCUT2D eigenvalue weighted by Crippen LogP contribution is -2.31. The first-order chi connectivity index (χ1) is 10.0. The second-order valence-corrected chi connectivity index (χ2v) is 6.16. The van der Waals surface area contributed by atoms with Crippen LogP contribution in [0.1, 0.15) is 0 Å². The van der Waals surface area contributed by atoms with Crippen LogP contribution in [0.5, 0.6) is 5.75 Å². The predicted molar refractivity (Wildman–Crippen MR) is 80.8 cm³/mol. The number of ether oxygens (including phenoxy) is 3. The molecular formula is C13H22N2O5S. The molecule has 3 N–H and O–H groups in total. The summed E-state index contributed by atoms with van der Waals surface area (Å²) in [7, 11) is -1.79. The van der Waals surface area contributed by atoms with Gasteiger partial charge in [-0.05, 0) is 24.3 Å². The van der Waals surface area contributed by atoms with Gasteiger partial charge in [0.05, 0.1) is 25.6 Å². The van der Waals surface area contributed by atoms with Crippen molar-refractivity contribution in [3.05, 3.63) is 24.3 Å². The lowest BCUT2D eigenvalue weighted by atomic mass is 10.3. The number of nitrogen functional groups attached to an aromatic ring is 1. The van der Waals surface area contributed by atoms with Crippen molar-refractivity contribution in [1.29, 1.82) is 0 Å². The predicted octanol–water partition coefficient (Wildman–Crippen LogP) is 0.230. The van der Waals surface area contributed by atoms with Crippen LogP contribution in [0.2, 0.25) is 0 Å². The molecule has 120 valence electrons. The molecule has 0 fully saturated rings. The van der Waals surface area contributed by atoms with E-state index in [1.165, 1.54) is 0 Å². The summed E-state index contributed by atoms with van der Waals surface area (Å²) in [6.07, 6.45) is 0. The molecule has 8 heteroatoms. The van der Waals surface area contributed by atoms with Gasteiger partial charge in [0, 0.05) is 19.3 Å². The molecule has 0 atom stereocenters. The van der Waals surface area contributed by atoms with E-state index < -0.39 is 10.0 Å². The van der Waals surface area contributed by atoms with E-state index in [2.05, 4.69) is 4.72 Å². The Labute approximate surface area is 125 Å². The molecule has 0 heterocycles. The maximum absolute atomic E-state index is 11.7. The quantitative estimate of drug-likeness (QED) is 0.447. The summed E-state index contributed by atoms with van der Waals surface area (Å²) < 4.78 is 41.1. The molecule has 0 saturated heterocycles. The smallest absolute Gasteiger partial charge is 0.215 e. The fraction of sp³-hybridized carbons (Fsp3) is 0.538. The van der Waals surface area contributed by atoms with E-state index in [-0.39, 0.29) is 18.9 Å². The summed E-state index contributed by atoms with van der Waals surface area (Å²) in [5.74, 6) is 0.470.